The number of nitrogens with one attached hydrogen (secondary N) is 1. The number of nitrogens with two attached hydrogens (primary N) is 1. The van der Waals surface area contributed by atoms with Crippen molar-refractivity contribution in [2.24, 2.45) is 0 Å². The molecule has 3 aromatic rings. The number of aromatic nitrogens is 2. The number of nitrogens with zero attached hydrogens (tertiary/aromatic N) is 3. The summed E-state index contributed by atoms with van der Waals surface area (Å²) in [6.45, 7) is 9.47. The molecule has 0 amide bonds. The highest BCUT2D eigenvalue weighted by molar-refractivity contribution is 5.92. The van der Waals surface area contributed by atoms with E-state index in [9.17, 15) is 13.2 Å². The van der Waals surface area contributed by atoms with Crippen molar-refractivity contribution in [3.05, 3.63) is 47.3 Å². The van der Waals surface area contributed by atoms with Gasteiger partial charge in [-0.3, -0.25) is 4.90 Å². The van der Waals surface area contributed by atoms with Crippen LogP contribution in [-0.2, 0) is 6.18 Å². The van der Waals surface area contributed by atoms with Crippen molar-refractivity contribution in [2.45, 2.75) is 64.8 Å². The summed E-state index contributed by atoms with van der Waals surface area (Å²) in [6, 6.07) is 7.44. The molecule has 37 heavy (non-hydrogen) atoms. The summed E-state index contributed by atoms with van der Waals surface area (Å²) >= 11 is 0. The van der Waals surface area contributed by atoms with Crippen LogP contribution in [0.25, 0.3) is 10.9 Å². The third-order valence-electron chi connectivity index (χ3n) is 6.77. The van der Waals surface area contributed by atoms with Gasteiger partial charge in [0.2, 0.25) is 0 Å². The number of aryl methyl sites for hydroxylation is 1. The van der Waals surface area contributed by atoms with Crippen molar-refractivity contribution in [1.29, 1.82) is 0 Å². The van der Waals surface area contributed by atoms with Gasteiger partial charge in [-0.2, -0.15) is 13.2 Å². The van der Waals surface area contributed by atoms with Crippen LogP contribution in [0.4, 0.5) is 24.7 Å². The lowest BCUT2D eigenvalue weighted by atomic mass is 10.0. The van der Waals surface area contributed by atoms with Gasteiger partial charge in [0.25, 0.3) is 0 Å². The second-order valence-electron chi connectivity index (χ2n) is 9.83. The lowest BCUT2D eigenvalue weighted by Gasteiger charge is -2.28. The Hall–Kier alpha value is -3.27. The Labute approximate surface area is 215 Å². The Bertz CT molecular complexity index is 1270. The van der Waals surface area contributed by atoms with Gasteiger partial charge in [0.1, 0.15) is 18.2 Å². The Morgan fingerprint density at radius 1 is 1.11 bits per heavy atom. The van der Waals surface area contributed by atoms with Crippen LogP contribution in [0.1, 0.15) is 56.6 Å². The first-order chi connectivity index (χ1) is 17.5. The number of halogens is 3. The Balaban J connectivity index is 1.65. The summed E-state index contributed by atoms with van der Waals surface area (Å²) in [4.78, 5) is 11.5. The molecule has 0 bridgehead atoms. The van der Waals surface area contributed by atoms with Crippen LogP contribution in [0.15, 0.2) is 30.3 Å². The zero-order valence-electron chi connectivity index (χ0n) is 21.8. The Morgan fingerprint density at radius 3 is 2.54 bits per heavy atom. The predicted octanol–water partition coefficient (Wildman–Crippen LogP) is 5.97. The quantitative estimate of drug-likeness (QED) is 0.356. The van der Waals surface area contributed by atoms with Crippen LogP contribution in [0.5, 0.6) is 11.5 Å². The van der Waals surface area contributed by atoms with Crippen molar-refractivity contribution < 1.29 is 22.6 Å². The van der Waals surface area contributed by atoms with Gasteiger partial charge in [-0.15, -0.1) is 0 Å². The predicted molar refractivity (Wildman–Crippen MR) is 139 cm³/mol. The van der Waals surface area contributed by atoms with Crippen molar-refractivity contribution >= 4 is 22.4 Å². The van der Waals surface area contributed by atoms with Crippen LogP contribution in [-0.4, -0.2) is 47.2 Å². The molecule has 1 aliphatic heterocycles. The molecule has 4 rings (SSSR count). The summed E-state index contributed by atoms with van der Waals surface area (Å²) in [5, 5.41) is 3.93. The molecule has 2 heterocycles. The van der Waals surface area contributed by atoms with Crippen molar-refractivity contribution in [1.82, 2.24) is 14.9 Å². The van der Waals surface area contributed by atoms with E-state index in [1.165, 1.54) is 6.07 Å². The van der Waals surface area contributed by atoms with Crippen LogP contribution in [0.2, 0.25) is 0 Å². The van der Waals surface area contributed by atoms with Gasteiger partial charge in [-0.25, -0.2) is 9.97 Å². The fourth-order valence-electron chi connectivity index (χ4n) is 4.92. The van der Waals surface area contributed by atoms with Gasteiger partial charge in [-0.05, 0) is 76.9 Å². The Kier molecular flexibility index (Phi) is 7.68. The molecule has 3 N–H and O–H groups in total. The zero-order valence-corrected chi connectivity index (χ0v) is 21.8. The monoisotopic (exact) mass is 517 g/mol. The lowest BCUT2D eigenvalue weighted by molar-refractivity contribution is -0.137. The van der Waals surface area contributed by atoms with Gasteiger partial charge in [0.05, 0.1) is 24.2 Å². The summed E-state index contributed by atoms with van der Waals surface area (Å²) in [5.74, 6) is 2.13. The maximum atomic E-state index is 13.3. The maximum Gasteiger partial charge on any atom is 0.416 e. The minimum Gasteiger partial charge on any atom is -0.493 e. The highest BCUT2D eigenvalue weighted by Gasteiger charge is 2.31. The number of hydrogen-bond donors (Lipinski definition) is 2. The molecule has 10 heteroatoms. The van der Waals surface area contributed by atoms with E-state index in [-0.39, 0.29) is 5.69 Å². The highest BCUT2D eigenvalue weighted by Crippen LogP contribution is 2.37. The smallest absolute Gasteiger partial charge is 0.416 e. The number of ether oxygens (including phenoxy) is 2. The Morgan fingerprint density at radius 2 is 1.86 bits per heavy atom. The second-order valence-corrected chi connectivity index (χ2v) is 9.83. The molecule has 1 saturated heterocycles. The van der Waals surface area contributed by atoms with E-state index in [1.807, 2.05) is 6.07 Å². The van der Waals surface area contributed by atoms with Gasteiger partial charge < -0.3 is 20.5 Å². The van der Waals surface area contributed by atoms with Crippen LogP contribution >= 0.6 is 0 Å². The first kappa shape index (κ1) is 26.8. The lowest BCUT2D eigenvalue weighted by Crippen LogP contribution is -2.39. The second kappa shape index (κ2) is 10.6. The molecule has 0 radical (unpaired) electrons. The molecule has 1 aromatic heterocycles. The molecule has 200 valence electrons. The minimum absolute atomic E-state index is 0.0463. The molecule has 7 nitrogen and oxygen atoms in total. The van der Waals surface area contributed by atoms with Crippen molar-refractivity contribution in [2.75, 3.05) is 31.3 Å². The molecular formula is C27H34F3N5O2. The molecule has 0 aliphatic carbocycles. The van der Waals surface area contributed by atoms with Gasteiger partial charge in [-0.1, -0.05) is 0 Å². The SMILES string of the molecule is COc1cc2nc(C)nc(N[C@H](C)c3cc(N)cc(C(F)(F)F)c3)c2cc1OC[C@@H]1CCCN1C(C)C. The van der Waals surface area contributed by atoms with Crippen LogP contribution < -0.4 is 20.5 Å². The van der Waals surface area contributed by atoms with E-state index in [0.717, 1.165) is 31.5 Å². The summed E-state index contributed by atoms with van der Waals surface area (Å²) in [7, 11) is 1.58. The molecule has 2 atom stereocenters. The minimum atomic E-state index is -4.49. The van der Waals surface area contributed by atoms with E-state index in [0.29, 0.717) is 58.3 Å². The van der Waals surface area contributed by atoms with E-state index in [2.05, 4.69) is 34.0 Å². The standard InChI is InChI=1S/C27H34F3N5O2/c1-15(2)35-8-6-7-21(35)14-37-25-12-22-23(13-24(25)36-5)33-17(4)34-26(22)32-16(3)18-9-19(27(28,29)30)11-20(31)10-18/h9-13,15-16,21H,6-8,14,31H2,1-5H3,(H,32,33,34)/t16-,21+/m1/s1. The average Bonchev–Trinajstić information content (AvgIpc) is 3.30. The topological polar surface area (TPSA) is 85.5 Å². The number of likely N-dealkylation sites (tertiary alicyclic amines) is 1. The van der Waals surface area contributed by atoms with Crippen LogP contribution in [0, 0.1) is 6.92 Å². The number of anilines is 2. The van der Waals surface area contributed by atoms with E-state index in [1.54, 1.807) is 27.0 Å². The van der Waals surface area contributed by atoms with Crippen LogP contribution in [0.3, 0.4) is 0 Å². The van der Waals surface area contributed by atoms with Crippen molar-refractivity contribution in [3.8, 4) is 11.5 Å². The third kappa shape index (κ3) is 6.01. The van der Waals surface area contributed by atoms with Gasteiger partial charge >= 0.3 is 6.18 Å². The molecular weight excluding hydrogens is 483 g/mol. The number of nitrogen functional groups attached to an aromatic ring is 1. The summed E-state index contributed by atoms with van der Waals surface area (Å²) in [5.41, 5.74) is 6.08. The molecule has 1 fully saturated rings. The number of fused-ring (bicyclic) bond motifs is 1. The summed E-state index contributed by atoms with van der Waals surface area (Å²) < 4.78 is 51.9. The molecule has 1 aliphatic rings. The summed E-state index contributed by atoms with van der Waals surface area (Å²) in [6.07, 6.45) is -2.28. The number of methoxy groups -OCH3 is 1. The molecule has 2 aromatic carbocycles. The largest absolute Gasteiger partial charge is 0.493 e. The highest BCUT2D eigenvalue weighted by atomic mass is 19.4. The first-order valence-corrected chi connectivity index (χ1v) is 12.5. The van der Waals surface area contributed by atoms with Gasteiger partial charge in [0, 0.05) is 29.2 Å². The number of rotatable bonds is 8. The molecule has 0 spiro atoms. The zero-order chi connectivity index (χ0) is 26.9. The third-order valence-corrected chi connectivity index (χ3v) is 6.77. The van der Waals surface area contributed by atoms with E-state index in [4.69, 9.17) is 15.2 Å². The molecule has 0 unspecified atom stereocenters. The average molecular weight is 518 g/mol. The fraction of sp³-hybridized carbons (Fsp3) is 0.481. The number of hydrogen-bond acceptors (Lipinski definition) is 7. The first-order valence-electron chi connectivity index (χ1n) is 12.5. The van der Waals surface area contributed by atoms with Gasteiger partial charge in [0.15, 0.2) is 11.5 Å². The van der Waals surface area contributed by atoms with E-state index < -0.39 is 17.8 Å². The number of alkyl halides is 3. The number of benzene rings is 2. The normalized spacial score (nSPS) is 17.4. The maximum absolute atomic E-state index is 13.3. The fourth-order valence-corrected chi connectivity index (χ4v) is 4.92. The van der Waals surface area contributed by atoms with E-state index >= 15 is 0 Å². The molecule has 0 saturated carbocycles. The van der Waals surface area contributed by atoms with Crippen molar-refractivity contribution in [3.63, 3.8) is 0 Å².